The Morgan fingerprint density at radius 2 is 2.18 bits per heavy atom. The standard InChI is InChI=1S/C9H11F3N4O/c10-9(11,12)3-4-13-8(17)7-14-6(15-16-7)5-1-2-5/h5H,1-4H2,(H,13,17)(H,14,15,16). The summed E-state index contributed by atoms with van der Waals surface area (Å²) in [5.74, 6) is 0.164. The number of nitrogens with one attached hydrogen (secondary N) is 2. The minimum absolute atomic E-state index is 0.103. The molecule has 94 valence electrons. The van der Waals surface area contributed by atoms with E-state index in [1.165, 1.54) is 0 Å². The highest BCUT2D eigenvalue weighted by atomic mass is 19.4. The van der Waals surface area contributed by atoms with E-state index < -0.39 is 25.0 Å². The molecule has 2 rings (SSSR count). The molecular weight excluding hydrogens is 237 g/mol. The molecule has 2 N–H and O–H groups in total. The Bertz CT molecular complexity index is 411. The smallest absolute Gasteiger partial charge is 0.349 e. The van der Waals surface area contributed by atoms with Crippen LogP contribution in [-0.4, -0.2) is 33.8 Å². The molecule has 1 saturated carbocycles. The number of alkyl halides is 3. The molecule has 1 aromatic rings. The summed E-state index contributed by atoms with van der Waals surface area (Å²) < 4.78 is 35.5. The summed E-state index contributed by atoms with van der Waals surface area (Å²) in [5, 5.41) is 8.40. The van der Waals surface area contributed by atoms with Gasteiger partial charge in [0.2, 0.25) is 5.82 Å². The number of halogens is 3. The number of carbonyl (C=O) groups excluding carboxylic acids is 1. The number of H-pyrrole nitrogens is 1. The minimum atomic E-state index is -4.27. The fraction of sp³-hybridized carbons (Fsp3) is 0.667. The van der Waals surface area contributed by atoms with Crippen LogP contribution in [0.1, 0.15) is 41.6 Å². The number of hydrogen-bond acceptors (Lipinski definition) is 3. The van der Waals surface area contributed by atoms with E-state index in [1.54, 1.807) is 0 Å². The summed E-state index contributed by atoms with van der Waals surface area (Å²) in [4.78, 5) is 15.3. The molecule has 0 atom stereocenters. The zero-order valence-electron chi connectivity index (χ0n) is 8.84. The van der Waals surface area contributed by atoms with Gasteiger partial charge in [0.15, 0.2) is 0 Å². The Morgan fingerprint density at radius 3 is 2.76 bits per heavy atom. The molecule has 0 unspecified atom stereocenters. The lowest BCUT2D eigenvalue weighted by Gasteiger charge is -2.05. The normalized spacial score (nSPS) is 15.9. The van der Waals surface area contributed by atoms with Gasteiger partial charge in [-0.2, -0.15) is 13.2 Å². The summed E-state index contributed by atoms with van der Waals surface area (Å²) in [6, 6.07) is 0. The molecule has 0 bridgehead atoms. The monoisotopic (exact) mass is 248 g/mol. The maximum absolute atomic E-state index is 11.8. The molecule has 0 radical (unpaired) electrons. The number of aromatic amines is 1. The van der Waals surface area contributed by atoms with Crippen LogP contribution in [0.4, 0.5) is 13.2 Å². The first-order chi connectivity index (χ1) is 7.96. The van der Waals surface area contributed by atoms with Gasteiger partial charge in [-0.1, -0.05) is 0 Å². The van der Waals surface area contributed by atoms with Crippen molar-refractivity contribution in [2.24, 2.45) is 0 Å². The lowest BCUT2D eigenvalue weighted by molar-refractivity contribution is -0.133. The Kier molecular flexibility index (Phi) is 3.03. The summed E-state index contributed by atoms with van der Waals surface area (Å²) in [5.41, 5.74) is 0. The van der Waals surface area contributed by atoms with Crippen molar-refractivity contribution in [1.29, 1.82) is 0 Å². The number of aromatic nitrogens is 3. The Morgan fingerprint density at radius 1 is 1.47 bits per heavy atom. The molecule has 0 saturated heterocycles. The summed E-state index contributed by atoms with van der Waals surface area (Å²) >= 11 is 0. The van der Waals surface area contributed by atoms with Gasteiger partial charge in [-0.25, -0.2) is 4.98 Å². The molecule has 1 aliphatic carbocycles. The number of nitrogens with zero attached hydrogens (tertiary/aromatic N) is 2. The first-order valence-electron chi connectivity index (χ1n) is 5.23. The average molecular weight is 248 g/mol. The summed E-state index contributed by atoms with van der Waals surface area (Å²) in [6.07, 6.45) is -3.32. The van der Waals surface area contributed by atoms with Crippen molar-refractivity contribution < 1.29 is 18.0 Å². The van der Waals surface area contributed by atoms with Crippen molar-refractivity contribution in [2.45, 2.75) is 31.4 Å². The van der Waals surface area contributed by atoms with Crippen molar-refractivity contribution in [3.05, 3.63) is 11.6 Å². The number of amides is 1. The van der Waals surface area contributed by atoms with Gasteiger partial charge in [-0.3, -0.25) is 9.89 Å². The van der Waals surface area contributed by atoms with Crippen LogP contribution in [0.5, 0.6) is 0 Å². The highest BCUT2D eigenvalue weighted by molar-refractivity contribution is 5.90. The van der Waals surface area contributed by atoms with Gasteiger partial charge in [-0.05, 0) is 12.8 Å². The quantitative estimate of drug-likeness (QED) is 0.845. The topological polar surface area (TPSA) is 70.7 Å². The van der Waals surface area contributed by atoms with Crippen LogP contribution in [0.25, 0.3) is 0 Å². The fourth-order valence-corrected chi connectivity index (χ4v) is 1.31. The predicted molar refractivity (Wildman–Crippen MR) is 51.4 cm³/mol. The molecule has 1 heterocycles. The van der Waals surface area contributed by atoms with Gasteiger partial charge in [0, 0.05) is 12.5 Å². The van der Waals surface area contributed by atoms with Crippen LogP contribution in [0.15, 0.2) is 0 Å². The lowest BCUT2D eigenvalue weighted by Crippen LogP contribution is -2.28. The largest absolute Gasteiger partial charge is 0.390 e. The highest BCUT2D eigenvalue weighted by Crippen LogP contribution is 2.37. The Labute approximate surface area is 94.8 Å². The molecular formula is C9H11F3N4O. The van der Waals surface area contributed by atoms with Gasteiger partial charge >= 0.3 is 6.18 Å². The number of carbonyl (C=O) groups is 1. The third-order valence-corrected chi connectivity index (χ3v) is 2.36. The first-order valence-corrected chi connectivity index (χ1v) is 5.23. The Balaban J connectivity index is 1.82. The second-order valence-electron chi connectivity index (χ2n) is 3.94. The van der Waals surface area contributed by atoms with E-state index in [1.807, 2.05) is 0 Å². The summed E-state index contributed by atoms with van der Waals surface area (Å²) in [7, 11) is 0. The molecule has 0 aromatic carbocycles. The van der Waals surface area contributed by atoms with Crippen molar-refractivity contribution in [2.75, 3.05) is 6.54 Å². The van der Waals surface area contributed by atoms with Crippen molar-refractivity contribution >= 4 is 5.91 Å². The molecule has 1 aliphatic rings. The number of rotatable bonds is 4. The van der Waals surface area contributed by atoms with Crippen molar-refractivity contribution in [3.63, 3.8) is 0 Å². The molecule has 5 nitrogen and oxygen atoms in total. The molecule has 0 aliphatic heterocycles. The predicted octanol–water partition coefficient (Wildman–Crippen LogP) is 1.36. The summed E-state index contributed by atoms with van der Waals surface area (Å²) in [6.45, 7) is -0.463. The molecule has 1 aromatic heterocycles. The van der Waals surface area contributed by atoms with E-state index in [-0.39, 0.29) is 5.82 Å². The lowest BCUT2D eigenvalue weighted by atomic mass is 10.4. The van der Waals surface area contributed by atoms with E-state index in [9.17, 15) is 18.0 Å². The SMILES string of the molecule is O=C(NCCC(F)(F)F)c1n[nH]c(C2CC2)n1. The molecule has 1 fully saturated rings. The van der Waals surface area contributed by atoms with Gasteiger partial charge in [0.1, 0.15) is 5.82 Å². The minimum Gasteiger partial charge on any atom is -0.349 e. The Hall–Kier alpha value is -1.60. The van der Waals surface area contributed by atoms with Crippen LogP contribution >= 0.6 is 0 Å². The zero-order valence-corrected chi connectivity index (χ0v) is 8.84. The highest BCUT2D eigenvalue weighted by Gasteiger charge is 2.29. The van der Waals surface area contributed by atoms with Gasteiger partial charge in [0.05, 0.1) is 6.42 Å². The van der Waals surface area contributed by atoms with Crippen molar-refractivity contribution in [1.82, 2.24) is 20.5 Å². The van der Waals surface area contributed by atoms with E-state index in [0.717, 1.165) is 12.8 Å². The second-order valence-corrected chi connectivity index (χ2v) is 3.94. The van der Waals surface area contributed by atoms with Crippen LogP contribution in [0.3, 0.4) is 0 Å². The molecule has 0 spiro atoms. The van der Waals surface area contributed by atoms with E-state index in [0.29, 0.717) is 11.7 Å². The third kappa shape index (κ3) is 3.43. The van der Waals surface area contributed by atoms with Gasteiger partial charge in [-0.15, -0.1) is 5.10 Å². The van der Waals surface area contributed by atoms with Crippen LogP contribution in [-0.2, 0) is 0 Å². The number of hydrogen-bond donors (Lipinski definition) is 2. The third-order valence-electron chi connectivity index (χ3n) is 2.36. The van der Waals surface area contributed by atoms with Gasteiger partial charge in [0.25, 0.3) is 5.91 Å². The van der Waals surface area contributed by atoms with Crippen LogP contribution in [0, 0.1) is 0 Å². The molecule has 8 heteroatoms. The average Bonchev–Trinajstić information content (AvgIpc) is 2.94. The van der Waals surface area contributed by atoms with E-state index in [4.69, 9.17) is 0 Å². The second kappa shape index (κ2) is 4.34. The van der Waals surface area contributed by atoms with E-state index in [2.05, 4.69) is 20.5 Å². The fourth-order valence-electron chi connectivity index (χ4n) is 1.31. The van der Waals surface area contributed by atoms with Gasteiger partial charge < -0.3 is 5.32 Å². The maximum atomic E-state index is 11.8. The first kappa shape index (κ1) is 11.9. The maximum Gasteiger partial charge on any atom is 0.390 e. The van der Waals surface area contributed by atoms with E-state index >= 15 is 0 Å². The van der Waals surface area contributed by atoms with Crippen LogP contribution in [0.2, 0.25) is 0 Å². The molecule has 17 heavy (non-hydrogen) atoms. The molecule has 1 amide bonds. The van der Waals surface area contributed by atoms with Crippen molar-refractivity contribution in [3.8, 4) is 0 Å². The zero-order chi connectivity index (χ0) is 12.5. The van der Waals surface area contributed by atoms with Crippen LogP contribution < -0.4 is 5.32 Å².